The number of sulfonamides is 1. The Kier molecular flexibility index (Phi) is 3.65. The van der Waals surface area contributed by atoms with Crippen molar-refractivity contribution in [2.24, 2.45) is 0 Å². The maximum absolute atomic E-state index is 12.0. The molecular weight excluding hydrogens is 286 g/mol. The van der Waals surface area contributed by atoms with E-state index in [2.05, 4.69) is 15.0 Å². The molecule has 2 aromatic rings. The van der Waals surface area contributed by atoms with Crippen LogP contribution in [-0.2, 0) is 10.0 Å². The first-order chi connectivity index (χ1) is 10.0. The molecule has 1 aliphatic carbocycles. The molecule has 21 heavy (non-hydrogen) atoms. The number of anilines is 2. The molecular formula is C15H17N3O2S. The van der Waals surface area contributed by atoms with Crippen LogP contribution in [0.15, 0.2) is 47.5 Å². The lowest BCUT2D eigenvalue weighted by atomic mass is 10.2. The molecule has 110 valence electrons. The lowest BCUT2D eigenvalue weighted by Crippen LogP contribution is -2.25. The molecule has 6 heteroatoms. The minimum absolute atomic E-state index is 0.0976. The van der Waals surface area contributed by atoms with E-state index >= 15 is 0 Å². The van der Waals surface area contributed by atoms with Crippen molar-refractivity contribution in [2.45, 2.75) is 30.7 Å². The standard InChI is InChI=1S/C15H17N3O2S/c1-11-2-4-12(5-3-11)17-15-9-8-14(10-16-15)21(19,20)18-13-6-7-13/h2-5,8-10,13,18H,6-7H2,1H3,(H,16,17). The van der Waals surface area contributed by atoms with Gasteiger partial charge in [0.2, 0.25) is 10.0 Å². The normalized spacial score (nSPS) is 14.9. The predicted octanol–water partition coefficient (Wildman–Crippen LogP) is 2.57. The summed E-state index contributed by atoms with van der Waals surface area (Å²) in [4.78, 5) is 4.36. The van der Waals surface area contributed by atoms with Crippen molar-refractivity contribution in [1.82, 2.24) is 9.71 Å². The van der Waals surface area contributed by atoms with E-state index in [1.165, 1.54) is 11.8 Å². The lowest BCUT2D eigenvalue weighted by Gasteiger charge is -2.08. The monoisotopic (exact) mass is 303 g/mol. The van der Waals surface area contributed by atoms with Gasteiger partial charge in [0, 0.05) is 17.9 Å². The maximum atomic E-state index is 12.0. The van der Waals surface area contributed by atoms with Crippen molar-refractivity contribution in [1.29, 1.82) is 0 Å². The number of aromatic nitrogens is 1. The second-order valence-electron chi connectivity index (χ2n) is 5.27. The molecule has 1 saturated carbocycles. The van der Waals surface area contributed by atoms with Crippen LogP contribution in [0.4, 0.5) is 11.5 Å². The second-order valence-corrected chi connectivity index (χ2v) is 6.98. The average molecular weight is 303 g/mol. The molecule has 0 bridgehead atoms. The third-order valence-corrected chi connectivity index (χ3v) is 4.78. The Labute approximate surface area is 124 Å². The molecule has 0 radical (unpaired) electrons. The van der Waals surface area contributed by atoms with Crippen LogP contribution in [0.3, 0.4) is 0 Å². The highest BCUT2D eigenvalue weighted by atomic mass is 32.2. The van der Waals surface area contributed by atoms with E-state index in [0.29, 0.717) is 5.82 Å². The van der Waals surface area contributed by atoms with Crippen LogP contribution >= 0.6 is 0 Å². The van der Waals surface area contributed by atoms with E-state index in [0.717, 1.165) is 18.5 Å². The Hall–Kier alpha value is -1.92. The van der Waals surface area contributed by atoms with E-state index < -0.39 is 10.0 Å². The van der Waals surface area contributed by atoms with Gasteiger partial charge >= 0.3 is 0 Å². The number of nitrogens with one attached hydrogen (secondary N) is 2. The van der Waals surface area contributed by atoms with Gasteiger partial charge in [-0.25, -0.2) is 18.1 Å². The minimum Gasteiger partial charge on any atom is -0.340 e. The van der Waals surface area contributed by atoms with Crippen molar-refractivity contribution < 1.29 is 8.42 Å². The first kappa shape index (κ1) is 14.0. The van der Waals surface area contributed by atoms with Crippen LogP contribution in [0.1, 0.15) is 18.4 Å². The number of hydrogen-bond donors (Lipinski definition) is 2. The van der Waals surface area contributed by atoms with Gasteiger partial charge in [0.25, 0.3) is 0 Å². The molecule has 3 rings (SSSR count). The fourth-order valence-corrected chi connectivity index (χ4v) is 3.14. The van der Waals surface area contributed by atoms with Gasteiger partial charge in [-0.3, -0.25) is 0 Å². The quantitative estimate of drug-likeness (QED) is 0.890. The maximum Gasteiger partial charge on any atom is 0.242 e. The van der Waals surface area contributed by atoms with E-state index in [-0.39, 0.29) is 10.9 Å². The third kappa shape index (κ3) is 3.59. The summed E-state index contributed by atoms with van der Waals surface area (Å²) in [5.41, 5.74) is 2.10. The van der Waals surface area contributed by atoms with E-state index in [4.69, 9.17) is 0 Å². The second kappa shape index (κ2) is 5.46. The molecule has 0 amide bonds. The van der Waals surface area contributed by atoms with Crippen molar-refractivity contribution in [2.75, 3.05) is 5.32 Å². The van der Waals surface area contributed by atoms with Crippen LogP contribution in [0, 0.1) is 6.92 Å². The summed E-state index contributed by atoms with van der Waals surface area (Å²) in [6.45, 7) is 2.02. The van der Waals surface area contributed by atoms with Crippen molar-refractivity contribution >= 4 is 21.5 Å². The van der Waals surface area contributed by atoms with Gasteiger partial charge in [-0.2, -0.15) is 0 Å². The summed E-state index contributed by atoms with van der Waals surface area (Å²) in [6, 6.07) is 11.2. The van der Waals surface area contributed by atoms with Gasteiger partial charge in [0.05, 0.1) is 0 Å². The van der Waals surface area contributed by atoms with Crippen LogP contribution in [0.5, 0.6) is 0 Å². The highest BCUT2D eigenvalue weighted by molar-refractivity contribution is 7.89. The summed E-state index contributed by atoms with van der Waals surface area (Å²) >= 11 is 0. The summed E-state index contributed by atoms with van der Waals surface area (Å²) < 4.78 is 26.7. The molecule has 1 aromatic heterocycles. The SMILES string of the molecule is Cc1ccc(Nc2ccc(S(=O)(=O)NC3CC3)cn2)cc1. The first-order valence-corrected chi connectivity index (χ1v) is 8.33. The Morgan fingerprint density at radius 1 is 1.10 bits per heavy atom. The summed E-state index contributed by atoms with van der Waals surface area (Å²) in [5, 5.41) is 3.14. The molecule has 1 fully saturated rings. The lowest BCUT2D eigenvalue weighted by molar-refractivity contribution is 0.580. The molecule has 1 aromatic carbocycles. The Bertz CT molecular complexity index is 721. The van der Waals surface area contributed by atoms with Crippen LogP contribution in [0.2, 0.25) is 0 Å². The number of rotatable bonds is 5. The molecule has 2 N–H and O–H groups in total. The van der Waals surface area contributed by atoms with Crippen LogP contribution in [0.25, 0.3) is 0 Å². The van der Waals surface area contributed by atoms with Crippen molar-refractivity contribution in [3.05, 3.63) is 48.2 Å². The highest BCUT2D eigenvalue weighted by Crippen LogP contribution is 2.22. The first-order valence-electron chi connectivity index (χ1n) is 6.85. The molecule has 0 aliphatic heterocycles. The molecule has 5 nitrogen and oxygen atoms in total. The summed E-state index contributed by atoms with van der Waals surface area (Å²) in [6.07, 6.45) is 3.21. The van der Waals surface area contributed by atoms with Crippen molar-refractivity contribution in [3.8, 4) is 0 Å². The molecule has 1 aliphatic rings. The molecule has 0 atom stereocenters. The van der Waals surface area contributed by atoms with Gasteiger partial charge in [-0.1, -0.05) is 17.7 Å². The molecule has 0 saturated heterocycles. The number of nitrogens with zero attached hydrogens (tertiary/aromatic N) is 1. The number of pyridine rings is 1. The number of aryl methyl sites for hydroxylation is 1. The Balaban J connectivity index is 1.72. The van der Waals surface area contributed by atoms with Gasteiger partial charge in [-0.05, 0) is 44.0 Å². The van der Waals surface area contributed by atoms with E-state index in [1.807, 2.05) is 31.2 Å². The average Bonchev–Trinajstić information content (AvgIpc) is 3.25. The Morgan fingerprint density at radius 3 is 2.38 bits per heavy atom. The molecule has 0 unspecified atom stereocenters. The number of hydrogen-bond acceptors (Lipinski definition) is 4. The fourth-order valence-electron chi connectivity index (χ4n) is 1.89. The minimum atomic E-state index is -3.43. The van der Waals surface area contributed by atoms with Gasteiger partial charge in [0.15, 0.2) is 0 Å². The topological polar surface area (TPSA) is 71.1 Å². The van der Waals surface area contributed by atoms with Gasteiger partial charge in [-0.15, -0.1) is 0 Å². The van der Waals surface area contributed by atoms with Gasteiger partial charge < -0.3 is 5.32 Å². The van der Waals surface area contributed by atoms with Crippen molar-refractivity contribution in [3.63, 3.8) is 0 Å². The number of benzene rings is 1. The Morgan fingerprint density at radius 2 is 1.81 bits per heavy atom. The molecule has 1 heterocycles. The summed E-state index contributed by atoms with van der Waals surface area (Å²) in [5.74, 6) is 0.615. The summed E-state index contributed by atoms with van der Waals surface area (Å²) in [7, 11) is -3.43. The zero-order valence-electron chi connectivity index (χ0n) is 11.7. The van der Waals surface area contributed by atoms with Crippen LogP contribution < -0.4 is 10.0 Å². The van der Waals surface area contributed by atoms with E-state index in [1.54, 1.807) is 12.1 Å². The zero-order chi connectivity index (χ0) is 14.9. The van der Waals surface area contributed by atoms with Crippen LogP contribution in [-0.4, -0.2) is 19.4 Å². The third-order valence-electron chi connectivity index (χ3n) is 3.27. The van der Waals surface area contributed by atoms with Gasteiger partial charge in [0.1, 0.15) is 10.7 Å². The fraction of sp³-hybridized carbons (Fsp3) is 0.267. The molecule has 0 spiro atoms. The zero-order valence-corrected chi connectivity index (χ0v) is 12.5. The highest BCUT2D eigenvalue weighted by Gasteiger charge is 2.28. The largest absolute Gasteiger partial charge is 0.340 e. The van der Waals surface area contributed by atoms with E-state index in [9.17, 15) is 8.42 Å². The predicted molar refractivity (Wildman–Crippen MR) is 82.0 cm³/mol. The smallest absolute Gasteiger partial charge is 0.242 e.